The van der Waals surface area contributed by atoms with Crippen LogP contribution in [0.1, 0.15) is 17.1 Å². The number of anilines is 1. The largest absolute Gasteiger partial charge is 0.486 e. The van der Waals surface area contributed by atoms with Crippen molar-refractivity contribution >= 4 is 23.4 Å². The third-order valence-corrected chi connectivity index (χ3v) is 6.58. The van der Waals surface area contributed by atoms with Gasteiger partial charge in [-0.25, -0.2) is 4.68 Å². The quantitative estimate of drug-likeness (QED) is 0.260. The van der Waals surface area contributed by atoms with Crippen molar-refractivity contribution in [3.8, 4) is 11.4 Å². The molecule has 0 radical (unpaired) electrons. The maximum absolute atomic E-state index is 13.0. The molecule has 10 heteroatoms. The van der Waals surface area contributed by atoms with Crippen LogP contribution in [0.4, 0.5) is 5.69 Å². The number of hydrogen-bond donors (Lipinski definition) is 1. The number of benzene rings is 2. The number of nitrogens with one attached hydrogen (secondary N) is 1. The molecule has 0 aliphatic heterocycles. The molecule has 9 nitrogen and oxygen atoms in total. The van der Waals surface area contributed by atoms with Crippen molar-refractivity contribution in [3.63, 3.8) is 0 Å². The molecule has 0 aliphatic rings. The van der Waals surface area contributed by atoms with E-state index in [-0.39, 0.29) is 29.5 Å². The molecule has 4 aromatic rings. The topological polar surface area (TPSA) is 96.0 Å². The van der Waals surface area contributed by atoms with Gasteiger partial charge in [-0.3, -0.25) is 18.8 Å². The lowest BCUT2D eigenvalue weighted by Gasteiger charge is -2.09. The van der Waals surface area contributed by atoms with Gasteiger partial charge in [-0.2, -0.15) is 0 Å². The predicted molar refractivity (Wildman–Crippen MR) is 141 cm³/mol. The zero-order valence-corrected chi connectivity index (χ0v) is 21.3. The Labute approximate surface area is 213 Å². The number of thioether (sulfide) groups is 1. The molecule has 0 fully saturated rings. The van der Waals surface area contributed by atoms with Gasteiger partial charge in [0.1, 0.15) is 18.0 Å². The lowest BCUT2D eigenvalue weighted by Crippen LogP contribution is -2.23. The molecule has 186 valence electrons. The highest BCUT2D eigenvalue weighted by atomic mass is 32.2. The molecule has 2 aromatic carbocycles. The van der Waals surface area contributed by atoms with Gasteiger partial charge in [-0.15, -0.1) is 16.8 Å². The number of ether oxygens (including phenoxy) is 1. The van der Waals surface area contributed by atoms with E-state index in [2.05, 4.69) is 22.1 Å². The summed E-state index contributed by atoms with van der Waals surface area (Å²) in [5.74, 6) is 1.13. The van der Waals surface area contributed by atoms with Gasteiger partial charge < -0.3 is 10.1 Å². The summed E-state index contributed by atoms with van der Waals surface area (Å²) in [4.78, 5) is 25.8. The standard InChI is InChI=1S/C26H28N6O3S/c1-5-14-31-22(16-35-21-13-9-10-18(2)15-21)28-29-26(31)36-17-23(33)27-24-19(3)30(4)32(25(24)34)20-11-7-6-8-12-20/h5-13,15H,1,14,16-17H2,2-4H3,(H,27,33). The fraction of sp³-hybridized carbons (Fsp3) is 0.231. The molecule has 2 aromatic heterocycles. The van der Waals surface area contributed by atoms with Crippen LogP contribution >= 0.6 is 11.8 Å². The summed E-state index contributed by atoms with van der Waals surface area (Å²) in [6, 6.07) is 17.1. The van der Waals surface area contributed by atoms with E-state index >= 15 is 0 Å². The van der Waals surface area contributed by atoms with Gasteiger partial charge in [-0.1, -0.05) is 48.2 Å². The fourth-order valence-electron chi connectivity index (χ4n) is 3.72. The average molecular weight is 505 g/mol. The Balaban J connectivity index is 1.44. The van der Waals surface area contributed by atoms with E-state index in [1.165, 1.54) is 16.4 Å². The first-order chi connectivity index (χ1) is 17.4. The minimum Gasteiger partial charge on any atom is -0.486 e. The maximum atomic E-state index is 13.0. The molecule has 36 heavy (non-hydrogen) atoms. The smallest absolute Gasteiger partial charge is 0.295 e. The molecule has 4 rings (SSSR count). The van der Waals surface area contributed by atoms with E-state index in [1.54, 1.807) is 24.7 Å². The molecule has 2 heterocycles. The van der Waals surface area contributed by atoms with E-state index in [0.29, 0.717) is 23.2 Å². The molecule has 0 bridgehead atoms. The Bertz CT molecular complexity index is 1440. The van der Waals surface area contributed by atoms with Gasteiger partial charge >= 0.3 is 0 Å². The Hall–Kier alpha value is -4.05. The maximum Gasteiger partial charge on any atom is 0.295 e. The predicted octanol–water partition coefficient (Wildman–Crippen LogP) is 3.88. The van der Waals surface area contributed by atoms with E-state index in [1.807, 2.05) is 66.1 Å². The van der Waals surface area contributed by atoms with Crippen LogP contribution in [-0.2, 0) is 25.0 Å². The van der Waals surface area contributed by atoms with Gasteiger partial charge in [0.15, 0.2) is 11.0 Å². The number of hydrogen-bond acceptors (Lipinski definition) is 6. The highest BCUT2D eigenvalue weighted by molar-refractivity contribution is 7.99. The first kappa shape index (κ1) is 25.1. The Morgan fingerprint density at radius 1 is 1.14 bits per heavy atom. The van der Waals surface area contributed by atoms with Crippen molar-refractivity contribution in [2.45, 2.75) is 32.2 Å². The van der Waals surface area contributed by atoms with Crippen LogP contribution in [0.3, 0.4) is 0 Å². The molecule has 0 unspecified atom stereocenters. The second kappa shape index (κ2) is 11.1. The van der Waals surface area contributed by atoms with Crippen LogP contribution in [0, 0.1) is 13.8 Å². The summed E-state index contributed by atoms with van der Waals surface area (Å²) in [6.07, 6.45) is 1.74. The summed E-state index contributed by atoms with van der Waals surface area (Å²) in [7, 11) is 1.78. The van der Waals surface area contributed by atoms with Crippen LogP contribution in [0.5, 0.6) is 5.75 Å². The molecule has 0 atom stereocenters. The number of rotatable bonds is 10. The van der Waals surface area contributed by atoms with Crippen molar-refractivity contribution in [1.29, 1.82) is 0 Å². The third kappa shape index (κ3) is 5.44. The molecule has 0 aliphatic carbocycles. The van der Waals surface area contributed by atoms with Crippen molar-refractivity contribution in [1.82, 2.24) is 24.1 Å². The fourth-order valence-corrected chi connectivity index (χ4v) is 4.48. The van der Waals surface area contributed by atoms with Crippen LogP contribution in [-0.4, -0.2) is 35.8 Å². The van der Waals surface area contributed by atoms with Crippen molar-refractivity contribution in [3.05, 3.63) is 94.7 Å². The van der Waals surface area contributed by atoms with Crippen molar-refractivity contribution in [2.75, 3.05) is 11.1 Å². The van der Waals surface area contributed by atoms with Gasteiger partial charge in [0.25, 0.3) is 5.56 Å². The van der Waals surface area contributed by atoms with Gasteiger partial charge in [0.2, 0.25) is 5.91 Å². The zero-order valence-electron chi connectivity index (χ0n) is 20.5. The first-order valence-electron chi connectivity index (χ1n) is 11.4. The molecular weight excluding hydrogens is 476 g/mol. The average Bonchev–Trinajstić information content (AvgIpc) is 3.35. The molecule has 0 saturated carbocycles. The zero-order chi connectivity index (χ0) is 25.7. The van der Waals surface area contributed by atoms with Crippen LogP contribution < -0.4 is 15.6 Å². The highest BCUT2D eigenvalue weighted by Gasteiger charge is 2.19. The third-order valence-electron chi connectivity index (χ3n) is 5.61. The molecule has 1 amide bonds. The number of aromatic nitrogens is 5. The lowest BCUT2D eigenvalue weighted by atomic mass is 10.2. The second-order valence-corrected chi connectivity index (χ2v) is 9.12. The number of nitrogens with zero attached hydrogens (tertiary/aromatic N) is 5. The minimum atomic E-state index is -0.309. The summed E-state index contributed by atoms with van der Waals surface area (Å²) >= 11 is 1.24. The van der Waals surface area contributed by atoms with Crippen LogP contribution in [0.2, 0.25) is 0 Å². The summed E-state index contributed by atoms with van der Waals surface area (Å²) < 4.78 is 11.0. The second-order valence-electron chi connectivity index (χ2n) is 8.18. The van der Waals surface area contributed by atoms with Gasteiger partial charge in [0.05, 0.1) is 17.1 Å². The summed E-state index contributed by atoms with van der Waals surface area (Å²) in [5.41, 5.74) is 2.46. The SMILES string of the molecule is C=CCn1c(COc2cccc(C)c2)nnc1SCC(=O)Nc1c(C)n(C)n(-c2ccccc2)c1=O. The van der Waals surface area contributed by atoms with Crippen LogP contribution in [0.15, 0.2) is 77.2 Å². The number of para-hydroxylation sites is 1. The summed E-state index contributed by atoms with van der Waals surface area (Å²) in [6.45, 7) is 8.32. The van der Waals surface area contributed by atoms with E-state index < -0.39 is 0 Å². The van der Waals surface area contributed by atoms with E-state index in [4.69, 9.17) is 4.74 Å². The van der Waals surface area contributed by atoms with Gasteiger partial charge in [-0.05, 0) is 43.7 Å². The summed E-state index contributed by atoms with van der Waals surface area (Å²) in [5, 5.41) is 11.8. The molecular formula is C26H28N6O3S. The number of amides is 1. The minimum absolute atomic E-state index is 0.0626. The normalized spacial score (nSPS) is 10.9. The number of aryl methyl sites for hydroxylation is 1. The molecule has 1 N–H and O–H groups in total. The first-order valence-corrected chi connectivity index (χ1v) is 12.4. The van der Waals surface area contributed by atoms with Gasteiger partial charge in [0, 0.05) is 13.6 Å². The number of allylic oxidation sites excluding steroid dienone is 1. The van der Waals surface area contributed by atoms with Crippen molar-refractivity contribution in [2.24, 2.45) is 7.05 Å². The van der Waals surface area contributed by atoms with E-state index in [9.17, 15) is 9.59 Å². The number of carbonyl (C=O) groups excluding carboxylic acids is 1. The lowest BCUT2D eigenvalue weighted by molar-refractivity contribution is -0.113. The Morgan fingerprint density at radius 3 is 2.64 bits per heavy atom. The highest BCUT2D eigenvalue weighted by Crippen LogP contribution is 2.20. The van der Waals surface area contributed by atoms with E-state index in [0.717, 1.165) is 17.0 Å². The van der Waals surface area contributed by atoms with Crippen molar-refractivity contribution < 1.29 is 9.53 Å². The molecule has 0 saturated heterocycles. The monoisotopic (exact) mass is 504 g/mol. The molecule has 0 spiro atoms. The van der Waals surface area contributed by atoms with Crippen LogP contribution in [0.25, 0.3) is 5.69 Å². The number of carbonyl (C=O) groups is 1. The Kier molecular flexibility index (Phi) is 7.74. The Morgan fingerprint density at radius 2 is 1.92 bits per heavy atom.